The fraction of sp³-hybridized carbons (Fsp3) is 0. The zero-order chi connectivity index (χ0) is 12.3. The molecule has 0 radical (unpaired) electrons. The number of carbonyl (C=O) groups excluding carboxylic acids is 1. The number of benzene rings is 1. The maximum Gasteiger partial charge on any atom is 0.337 e. The summed E-state index contributed by atoms with van der Waals surface area (Å²) in [6.07, 6.45) is 0.938. The average Bonchev–Trinajstić information content (AvgIpc) is 2.26. The van der Waals surface area contributed by atoms with Crippen molar-refractivity contribution in [2.24, 2.45) is 0 Å². The Labute approximate surface area is 90.6 Å². The molecule has 1 aromatic rings. The third-order valence-corrected chi connectivity index (χ3v) is 1.96. The van der Waals surface area contributed by atoms with E-state index >= 15 is 0 Å². The Balaban J connectivity index is 3.56. The topological polar surface area (TPSA) is 91.7 Å². The van der Waals surface area contributed by atoms with Gasteiger partial charge < -0.3 is 10.2 Å². The highest BCUT2D eigenvalue weighted by Gasteiger charge is 2.22. The largest absolute Gasteiger partial charge is 0.478 e. The minimum absolute atomic E-state index is 0.178. The number of hydrogen-bond donors (Lipinski definition) is 2. The molecule has 5 nitrogen and oxygen atoms in total. The van der Waals surface area contributed by atoms with E-state index in [4.69, 9.17) is 10.2 Å². The monoisotopic (exact) mass is 220 g/mol. The molecule has 2 N–H and O–H groups in total. The van der Waals surface area contributed by atoms with Crippen molar-refractivity contribution in [3.05, 3.63) is 47.5 Å². The van der Waals surface area contributed by atoms with Gasteiger partial charge in [-0.05, 0) is 12.1 Å². The van der Waals surface area contributed by atoms with Gasteiger partial charge in [0.05, 0.1) is 11.1 Å². The second-order valence-electron chi connectivity index (χ2n) is 2.91. The van der Waals surface area contributed by atoms with Crippen LogP contribution in [0.4, 0.5) is 0 Å². The molecule has 5 heteroatoms. The summed E-state index contributed by atoms with van der Waals surface area (Å²) in [4.78, 5) is 33.0. The van der Waals surface area contributed by atoms with E-state index in [-0.39, 0.29) is 5.56 Å². The zero-order valence-corrected chi connectivity index (χ0v) is 8.14. The van der Waals surface area contributed by atoms with Gasteiger partial charge in [-0.3, -0.25) is 4.79 Å². The number of carboxylic acids is 2. The minimum Gasteiger partial charge on any atom is -0.478 e. The second-order valence-corrected chi connectivity index (χ2v) is 2.91. The molecule has 16 heavy (non-hydrogen) atoms. The molecule has 0 amide bonds. The minimum atomic E-state index is -1.46. The first-order valence-electron chi connectivity index (χ1n) is 4.25. The summed E-state index contributed by atoms with van der Waals surface area (Å²) < 4.78 is 0. The molecule has 0 unspecified atom stereocenters. The Morgan fingerprint density at radius 2 is 1.62 bits per heavy atom. The van der Waals surface area contributed by atoms with E-state index in [9.17, 15) is 14.4 Å². The summed E-state index contributed by atoms with van der Waals surface area (Å²) in [6.45, 7) is 3.22. The maximum absolute atomic E-state index is 11.3. The van der Waals surface area contributed by atoms with Crippen LogP contribution in [0.1, 0.15) is 31.1 Å². The van der Waals surface area contributed by atoms with Crippen LogP contribution in [0.15, 0.2) is 30.9 Å². The summed E-state index contributed by atoms with van der Waals surface area (Å²) in [5.74, 6) is -3.47. The van der Waals surface area contributed by atoms with E-state index in [2.05, 4.69) is 6.58 Å². The van der Waals surface area contributed by atoms with Crippen LogP contribution in [0.25, 0.3) is 0 Å². The lowest BCUT2D eigenvalue weighted by Gasteiger charge is -2.05. The van der Waals surface area contributed by atoms with Crippen molar-refractivity contribution < 1.29 is 24.6 Å². The summed E-state index contributed by atoms with van der Waals surface area (Å²) in [5, 5.41) is 17.7. The Morgan fingerprint density at radius 3 is 2.06 bits per heavy atom. The fourth-order valence-corrected chi connectivity index (χ4v) is 1.28. The molecular weight excluding hydrogens is 212 g/mol. The van der Waals surface area contributed by atoms with Crippen molar-refractivity contribution in [1.82, 2.24) is 0 Å². The molecule has 1 rings (SSSR count). The maximum atomic E-state index is 11.3. The smallest absolute Gasteiger partial charge is 0.337 e. The molecule has 0 aliphatic heterocycles. The number of rotatable bonds is 4. The molecule has 0 spiro atoms. The van der Waals surface area contributed by atoms with Gasteiger partial charge in [0.25, 0.3) is 0 Å². The first kappa shape index (κ1) is 11.6. The van der Waals surface area contributed by atoms with Crippen molar-refractivity contribution >= 4 is 17.7 Å². The van der Waals surface area contributed by atoms with Crippen LogP contribution in [-0.4, -0.2) is 27.9 Å². The van der Waals surface area contributed by atoms with Crippen LogP contribution in [0.3, 0.4) is 0 Å². The first-order chi connectivity index (χ1) is 7.49. The van der Waals surface area contributed by atoms with Gasteiger partial charge in [-0.2, -0.15) is 0 Å². The van der Waals surface area contributed by atoms with E-state index < -0.39 is 28.8 Å². The van der Waals surface area contributed by atoms with Crippen LogP contribution in [0.5, 0.6) is 0 Å². The van der Waals surface area contributed by atoms with Crippen LogP contribution in [-0.2, 0) is 0 Å². The van der Waals surface area contributed by atoms with Crippen LogP contribution < -0.4 is 0 Å². The molecule has 0 aliphatic carbocycles. The Hall–Kier alpha value is -2.43. The standard InChI is InChI=1S/C11H8O5/c1-2-8(12)6-4-3-5-7(10(13)14)9(6)11(15)16/h2-5H,1H2,(H,13,14)(H,15,16). The number of aromatic carboxylic acids is 2. The van der Waals surface area contributed by atoms with E-state index in [1.807, 2.05) is 0 Å². The molecule has 0 bridgehead atoms. The number of ketones is 1. The number of hydrogen-bond acceptors (Lipinski definition) is 3. The van der Waals surface area contributed by atoms with Crippen LogP contribution in [0, 0.1) is 0 Å². The number of carboxylic acid groups (broad SMARTS) is 2. The molecule has 1 aromatic carbocycles. The van der Waals surface area contributed by atoms with Crippen molar-refractivity contribution in [3.63, 3.8) is 0 Å². The van der Waals surface area contributed by atoms with E-state index in [0.717, 1.165) is 12.1 Å². The highest BCUT2D eigenvalue weighted by atomic mass is 16.4. The van der Waals surface area contributed by atoms with Crippen molar-refractivity contribution in [2.45, 2.75) is 0 Å². The number of allylic oxidation sites excluding steroid dienone is 1. The second kappa shape index (κ2) is 4.39. The van der Waals surface area contributed by atoms with Crippen molar-refractivity contribution in [2.75, 3.05) is 0 Å². The SMILES string of the molecule is C=CC(=O)c1cccc(C(=O)O)c1C(=O)O. The average molecular weight is 220 g/mol. The molecule has 0 atom stereocenters. The van der Waals surface area contributed by atoms with Crippen LogP contribution >= 0.6 is 0 Å². The Morgan fingerprint density at radius 1 is 1.06 bits per heavy atom. The molecule has 0 saturated heterocycles. The summed E-state index contributed by atoms with van der Waals surface area (Å²) in [6, 6.07) is 3.69. The molecule has 0 aromatic heterocycles. The van der Waals surface area contributed by atoms with Gasteiger partial charge in [-0.1, -0.05) is 18.7 Å². The van der Waals surface area contributed by atoms with Crippen LogP contribution in [0.2, 0.25) is 0 Å². The van der Waals surface area contributed by atoms with Gasteiger partial charge in [0.2, 0.25) is 0 Å². The van der Waals surface area contributed by atoms with Crippen molar-refractivity contribution in [3.8, 4) is 0 Å². The molecule has 0 fully saturated rings. The predicted octanol–water partition coefficient (Wildman–Crippen LogP) is 1.45. The van der Waals surface area contributed by atoms with Gasteiger partial charge in [0, 0.05) is 5.56 Å². The quantitative estimate of drug-likeness (QED) is 0.591. The van der Waals surface area contributed by atoms with Gasteiger partial charge in [0.15, 0.2) is 5.78 Å². The summed E-state index contributed by atoms with van der Waals surface area (Å²) in [5.41, 5.74) is -1.11. The number of carbonyl (C=O) groups is 3. The predicted molar refractivity (Wildman–Crippen MR) is 54.9 cm³/mol. The van der Waals surface area contributed by atoms with Gasteiger partial charge in [0.1, 0.15) is 0 Å². The molecular formula is C11H8O5. The first-order valence-corrected chi connectivity index (χ1v) is 4.25. The lowest BCUT2D eigenvalue weighted by molar-refractivity contribution is 0.0650. The Bertz CT molecular complexity index is 487. The highest BCUT2D eigenvalue weighted by Crippen LogP contribution is 2.16. The highest BCUT2D eigenvalue weighted by molar-refractivity contribution is 6.14. The fourth-order valence-electron chi connectivity index (χ4n) is 1.28. The van der Waals surface area contributed by atoms with E-state index in [1.54, 1.807) is 0 Å². The van der Waals surface area contributed by atoms with E-state index in [1.165, 1.54) is 12.1 Å². The molecule has 0 heterocycles. The lowest BCUT2D eigenvalue weighted by atomic mass is 9.98. The lowest BCUT2D eigenvalue weighted by Crippen LogP contribution is -2.13. The summed E-state index contributed by atoms with van der Waals surface area (Å²) >= 11 is 0. The van der Waals surface area contributed by atoms with E-state index in [0.29, 0.717) is 0 Å². The third-order valence-electron chi connectivity index (χ3n) is 1.96. The zero-order valence-electron chi connectivity index (χ0n) is 8.14. The normalized spacial score (nSPS) is 9.50. The molecule has 82 valence electrons. The molecule has 0 saturated carbocycles. The van der Waals surface area contributed by atoms with Gasteiger partial charge in [-0.15, -0.1) is 0 Å². The molecule has 0 aliphatic rings. The van der Waals surface area contributed by atoms with Gasteiger partial charge >= 0.3 is 11.9 Å². The third kappa shape index (κ3) is 1.98. The Kier molecular flexibility index (Phi) is 3.20. The van der Waals surface area contributed by atoms with Crippen molar-refractivity contribution in [1.29, 1.82) is 0 Å². The van der Waals surface area contributed by atoms with Gasteiger partial charge in [-0.25, -0.2) is 9.59 Å². The summed E-state index contributed by atoms with van der Waals surface area (Å²) in [7, 11) is 0.